The number of ether oxygens (including phenoxy) is 2. The molecule has 0 aliphatic carbocycles. The highest BCUT2D eigenvalue weighted by Gasteiger charge is 2.11. The summed E-state index contributed by atoms with van der Waals surface area (Å²) >= 11 is 0. The Morgan fingerprint density at radius 3 is 2.43 bits per heavy atom. The average Bonchev–Trinajstić information content (AvgIpc) is 2.40. The molecule has 6 nitrogen and oxygen atoms in total. The van der Waals surface area contributed by atoms with Gasteiger partial charge in [-0.2, -0.15) is 0 Å². The lowest BCUT2D eigenvalue weighted by atomic mass is 10.1. The summed E-state index contributed by atoms with van der Waals surface area (Å²) in [5.41, 5.74) is 0.332. The van der Waals surface area contributed by atoms with E-state index in [1.54, 1.807) is 18.2 Å². The Morgan fingerprint density at radius 1 is 1.24 bits per heavy atom. The molecule has 1 aromatic rings. The zero-order valence-corrected chi connectivity index (χ0v) is 12.3. The van der Waals surface area contributed by atoms with E-state index in [1.165, 1.54) is 13.0 Å². The third-order valence-electron chi connectivity index (χ3n) is 2.44. The molecule has 114 valence electrons. The van der Waals surface area contributed by atoms with Crippen molar-refractivity contribution in [2.75, 3.05) is 13.2 Å². The fraction of sp³-hybridized carbons (Fsp3) is 0.333. The predicted molar refractivity (Wildman–Crippen MR) is 78.2 cm³/mol. The maximum absolute atomic E-state index is 11.1. The number of hydrogen-bond acceptors (Lipinski definition) is 4. The minimum atomic E-state index is -1.22. The smallest absolute Gasteiger partial charge is 0.352 e. The number of amides is 1. The molecule has 0 bridgehead atoms. The molecule has 2 N–H and O–H groups in total. The van der Waals surface area contributed by atoms with Crippen LogP contribution in [0.3, 0.4) is 0 Å². The van der Waals surface area contributed by atoms with Crippen molar-refractivity contribution in [1.29, 1.82) is 0 Å². The molecule has 1 aromatic carbocycles. The largest absolute Gasteiger partial charge is 0.494 e. The number of carbonyl (C=O) groups is 2. The first-order valence-electron chi connectivity index (χ1n) is 6.60. The second kappa shape index (κ2) is 7.94. The number of carboxylic acid groups (broad SMARTS) is 1. The molecule has 0 fully saturated rings. The van der Waals surface area contributed by atoms with Crippen LogP contribution in [0.5, 0.6) is 11.5 Å². The van der Waals surface area contributed by atoms with Gasteiger partial charge in [-0.25, -0.2) is 4.79 Å². The Kier molecular flexibility index (Phi) is 6.26. The van der Waals surface area contributed by atoms with Crippen molar-refractivity contribution in [3.63, 3.8) is 0 Å². The summed E-state index contributed by atoms with van der Waals surface area (Å²) in [4.78, 5) is 22.2. The van der Waals surface area contributed by atoms with Crippen LogP contribution in [0.1, 0.15) is 26.3 Å². The van der Waals surface area contributed by atoms with Crippen LogP contribution in [-0.2, 0) is 9.59 Å². The number of benzene rings is 1. The number of aliphatic carboxylic acids is 1. The van der Waals surface area contributed by atoms with Crippen molar-refractivity contribution in [3.8, 4) is 11.5 Å². The molecule has 0 saturated heterocycles. The highest BCUT2D eigenvalue weighted by atomic mass is 16.5. The maximum atomic E-state index is 11.1. The fourth-order valence-electron chi connectivity index (χ4n) is 1.67. The standard InChI is InChI=1S/C15H19NO5/c1-4-20-12-7-6-11(14(9-12)21-5-2)8-13(15(18)19)16-10(3)17/h6-9H,4-5H2,1-3H3,(H,16,17)(H,18,19). The van der Waals surface area contributed by atoms with Crippen LogP contribution in [-0.4, -0.2) is 30.2 Å². The van der Waals surface area contributed by atoms with Gasteiger partial charge in [0.05, 0.1) is 13.2 Å². The lowest BCUT2D eigenvalue weighted by molar-refractivity contribution is -0.134. The lowest BCUT2D eigenvalue weighted by Crippen LogP contribution is -2.24. The number of rotatable bonds is 7. The molecular weight excluding hydrogens is 274 g/mol. The quantitative estimate of drug-likeness (QED) is 0.751. The van der Waals surface area contributed by atoms with Gasteiger partial charge in [-0.05, 0) is 32.1 Å². The first-order valence-corrected chi connectivity index (χ1v) is 6.60. The summed E-state index contributed by atoms with van der Waals surface area (Å²) in [6.45, 7) is 5.89. The summed E-state index contributed by atoms with van der Waals surface area (Å²) in [5, 5.41) is 11.4. The van der Waals surface area contributed by atoms with Crippen LogP contribution in [0.4, 0.5) is 0 Å². The highest BCUT2D eigenvalue weighted by Crippen LogP contribution is 2.27. The van der Waals surface area contributed by atoms with Crippen LogP contribution in [0, 0.1) is 0 Å². The van der Waals surface area contributed by atoms with Gasteiger partial charge in [-0.15, -0.1) is 0 Å². The lowest BCUT2D eigenvalue weighted by Gasteiger charge is -2.11. The van der Waals surface area contributed by atoms with Gasteiger partial charge in [0.2, 0.25) is 5.91 Å². The van der Waals surface area contributed by atoms with Crippen molar-refractivity contribution < 1.29 is 24.2 Å². The molecule has 0 aromatic heterocycles. The third-order valence-corrected chi connectivity index (χ3v) is 2.44. The van der Waals surface area contributed by atoms with E-state index in [0.29, 0.717) is 30.3 Å². The number of carbonyl (C=O) groups excluding carboxylic acids is 1. The van der Waals surface area contributed by atoms with Gasteiger partial charge in [0, 0.05) is 18.6 Å². The Hall–Kier alpha value is -2.50. The fourth-order valence-corrected chi connectivity index (χ4v) is 1.67. The van der Waals surface area contributed by atoms with Crippen molar-refractivity contribution in [3.05, 3.63) is 29.5 Å². The molecule has 0 saturated carbocycles. The Balaban J connectivity index is 3.19. The first-order chi connectivity index (χ1) is 9.97. The van der Waals surface area contributed by atoms with Gasteiger partial charge >= 0.3 is 5.97 Å². The molecule has 1 amide bonds. The molecule has 0 aliphatic rings. The first kappa shape index (κ1) is 16.6. The van der Waals surface area contributed by atoms with E-state index in [2.05, 4.69) is 5.32 Å². The zero-order valence-electron chi connectivity index (χ0n) is 12.3. The molecule has 0 heterocycles. The molecule has 0 unspecified atom stereocenters. The number of carboxylic acids is 1. The maximum Gasteiger partial charge on any atom is 0.352 e. The summed E-state index contributed by atoms with van der Waals surface area (Å²) in [7, 11) is 0. The Labute approximate surface area is 123 Å². The summed E-state index contributed by atoms with van der Waals surface area (Å²) < 4.78 is 10.9. The number of nitrogens with one attached hydrogen (secondary N) is 1. The summed E-state index contributed by atoms with van der Waals surface area (Å²) in [5.74, 6) is -0.545. The van der Waals surface area contributed by atoms with E-state index >= 15 is 0 Å². The van der Waals surface area contributed by atoms with Crippen LogP contribution < -0.4 is 14.8 Å². The van der Waals surface area contributed by atoms with Gasteiger partial charge in [0.25, 0.3) is 0 Å². The Bertz CT molecular complexity index is 551. The van der Waals surface area contributed by atoms with E-state index in [9.17, 15) is 9.59 Å². The van der Waals surface area contributed by atoms with Gasteiger partial charge in [0.15, 0.2) is 0 Å². The minimum Gasteiger partial charge on any atom is -0.494 e. The van der Waals surface area contributed by atoms with Gasteiger partial charge < -0.3 is 19.9 Å². The molecule has 0 atom stereocenters. The third kappa shape index (κ3) is 5.18. The molecule has 0 spiro atoms. The van der Waals surface area contributed by atoms with Gasteiger partial charge in [0.1, 0.15) is 17.2 Å². The van der Waals surface area contributed by atoms with Crippen molar-refractivity contribution in [2.45, 2.75) is 20.8 Å². The van der Waals surface area contributed by atoms with E-state index in [1.807, 2.05) is 13.8 Å². The zero-order chi connectivity index (χ0) is 15.8. The normalized spacial score (nSPS) is 10.9. The van der Waals surface area contributed by atoms with E-state index in [0.717, 1.165) is 0 Å². The Morgan fingerprint density at radius 2 is 1.90 bits per heavy atom. The molecule has 0 aliphatic heterocycles. The SMILES string of the molecule is CCOc1ccc(C=C(NC(C)=O)C(=O)O)c(OCC)c1. The van der Waals surface area contributed by atoms with Crippen LogP contribution in [0.25, 0.3) is 6.08 Å². The van der Waals surface area contributed by atoms with Gasteiger partial charge in [-0.3, -0.25) is 4.79 Å². The second-order valence-corrected chi connectivity index (χ2v) is 4.11. The van der Waals surface area contributed by atoms with Crippen LogP contribution >= 0.6 is 0 Å². The summed E-state index contributed by atoms with van der Waals surface area (Å²) in [6.07, 6.45) is 1.35. The highest BCUT2D eigenvalue weighted by molar-refractivity contribution is 5.96. The molecule has 0 radical (unpaired) electrons. The van der Waals surface area contributed by atoms with Gasteiger partial charge in [-0.1, -0.05) is 0 Å². The monoisotopic (exact) mass is 293 g/mol. The predicted octanol–water partition coefficient (Wildman–Crippen LogP) is 2.05. The van der Waals surface area contributed by atoms with E-state index in [-0.39, 0.29) is 5.70 Å². The minimum absolute atomic E-state index is 0.215. The van der Waals surface area contributed by atoms with E-state index in [4.69, 9.17) is 14.6 Å². The average molecular weight is 293 g/mol. The molecule has 21 heavy (non-hydrogen) atoms. The van der Waals surface area contributed by atoms with Crippen LogP contribution in [0.2, 0.25) is 0 Å². The number of hydrogen-bond donors (Lipinski definition) is 2. The van der Waals surface area contributed by atoms with E-state index < -0.39 is 11.9 Å². The van der Waals surface area contributed by atoms with Crippen molar-refractivity contribution >= 4 is 18.0 Å². The van der Waals surface area contributed by atoms with Crippen molar-refractivity contribution in [2.24, 2.45) is 0 Å². The summed E-state index contributed by atoms with van der Waals surface area (Å²) in [6, 6.07) is 5.08. The molecule has 6 heteroatoms. The van der Waals surface area contributed by atoms with Crippen molar-refractivity contribution in [1.82, 2.24) is 5.32 Å². The molecular formula is C15H19NO5. The van der Waals surface area contributed by atoms with Crippen LogP contribution in [0.15, 0.2) is 23.9 Å². The molecule has 1 rings (SSSR count). The second-order valence-electron chi connectivity index (χ2n) is 4.11. The topological polar surface area (TPSA) is 84.9 Å².